The second-order valence-electron chi connectivity index (χ2n) is 4.56. The highest BCUT2D eigenvalue weighted by atomic mass is 16.7. The number of hydrogen-bond donors (Lipinski definition) is 0. The van der Waals surface area contributed by atoms with Gasteiger partial charge in [-0.25, -0.2) is 5.06 Å². The molecule has 0 radical (unpaired) electrons. The first-order valence-electron chi connectivity index (χ1n) is 6.44. The third-order valence-corrected chi connectivity index (χ3v) is 3.08. The number of hydrogen-bond acceptors (Lipinski definition) is 3. The minimum absolute atomic E-state index is 0.0195. The molecule has 3 nitrogen and oxygen atoms in total. The zero-order valence-electron chi connectivity index (χ0n) is 10.9. The molecule has 0 amide bonds. The highest BCUT2D eigenvalue weighted by Gasteiger charge is 2.28. The van der Waals surface area contributed by atoms with Crippen LogP contribution in [0.15, 0.2) is 42.0 Å². The van der Waals surface area contributed by atoms with Crippen LogP contribution in [0.25, 0.3) is 0 Å². The van der Waals surface area contributed by atoms with Crippen LogP contribution in [0.2, 0.25) is 0 Å². The Morgan fingerprint density at radius 3 is 2.67 bits per heavy atom. The largest absolute Gasteiger partial charge is 0.298 e. The van der Waals surface area contributed by atoms with Gasteiger partial charge >= 0.3 is 0 Å². The van der Waals surface area contributed by atoms with E-state index < -0.39 is 0 Å². The van der Waals surface area contributed by atoms with Crippen molar-refractivity contribution >= 4 is 12.0 Å². The number of carbonyl (C=O) groups is 1. The maximum atomic E-state index is 11.2. The topological polar surface area (TPSA) is 29.5 Å². The summed E-state index contributed by atoms with van der Waals surface area (Å²) in [7, 11) is 0. The summed E-state index contributed by atoms with van der Waals surface area (Å²) in [5.74, 6) is 0. The van der Waals surface area contributed by atoms with Crippen molar-refractivity contribution in [2.45, 2.75) is 38.8 Å². The fourth-order valence-corrected chi connectivity index (χ4v) is 2.29. The Balaban J connectivity index is 2.33. The van der Waals surface area contributed by atoms with E-state index >= 15 is 0 Å². The van der Waals surface area contributed by atoms with E-state index in [4.69, 9.17) is 4.84 Å². The van der Waals surface area contributed by atoms with Gasteiger partial charge in [-0.1, -0.05) is 31.5 Å². The highest BCUT2D eigenvalue weighted by Crippen LogP contribution is 2.28. The Bertz CT molecular complexity index is 427. The lowest BCUT2D eigenvalue weighted by atomic mass is 9.99. The molecule has 1 aromatic carbocycles. The normalized spacial score (nSPS) is 23.7. The van der Waals surface area contributed by atoms with E-state index in [1.165, 1.54) is 0 Å². The summed E-state index contributed by atoms with van der Waals surface area (Å²) in [5, 5.41) is 1.87. The van der Waals surface area contributed by atoms with Gasteiger partial charge in [-0.3, -0.25) is 9.63 Å². The second-order valence-corrected chi connectivity index (χ2v) is 4.56. The summed E-state index contributed by atoms with van der Waals surface area (Å²) < 4.78 is 0. The Morgan fingerprint density at radius 2 is 2.06 bits per heavy atom. The quantitative estimate of drug-likeness (QED) is 0.763. The molecule has 1 aliphatic heterocycles. The first-order chi connectivity index (χ1) is 8.76. The zero-order chi connectivity index (χ0) is 13.0. The van der Waals surface area contributed by atoms with Crippen LogP contribution in [0, 0.1) is 0 Å². The van der Waals surface area contributed by atoms with Gasteiger partial charge in [0.25, 0.3) is 0 Å². The van der Waals surface area contributed by atoms with Crippen LogP contribution in [0.4, 0.5) is 5.69 Å². The zero-order valence-corrected chi connectivity index (χ0v) is 10.9. The maximum absolute atomic E-state index is 11.2. The minimum Gasteiger partial charge on any atom is -0.298 e. The van der Waals surface area contributed by atoms with Crippen LogP contribution in [0.1, 0.15) is 26.7 Å². The van der Waals surface area contributed by atoms with E-state index in [9.17, 15) is 4.79 Å². The highest BCUT2D eigenvalue weighted by molar-refractivity contribution is 5.77. The SMILES string of the molecule is CCC[C@@H]1C(C=O)=C[C@@H](C)ON1c1ccccc1. The average molecular weight is 245 g/mol. The summed E-state index contributed by atoms with van der Waals surface area (Å²) in [5.41, 5.74) is 1.81. The fourth-order valence-electron chi connectivity index (χ4n) is 2.29. The smallest absolute Gasteiger partial charge is 0.147 e. The molecule has 3 heteroatoms. The number of benzene rings is 1. The number of anilines is 1. The Hall–Kier alpha value is -1.61. The molecule has 0 aliphatic carbocycles. The average Bonchev–Trinajstić information content (AvgIpc) is 2.41. The number of rotatable bonds is 4. The summed E-state index contributed by atoms with van der Waals surface area (Å²) >= 11 is 0. The molecule has 0 unspecified atom stereocenters. The van der Waals surface area contributed by atoms with Crippen LogP contribution >= 0.6 is 0 Å². The standard InChI is InChI=1S/C15H19NO2/c1-3-7-15-13(11-17)10-12(2)18-16(15)14-8-5-4-6-9-14/h4-6,8-12,15H,3,7H2,1-2H3/t12-,15-/m1/s1. The summed E-state index contributed by atoms with van der Waals surface area (Å²) in [6.45, 7) is 4.06. The van der Waals surface area contributed by atoms with Crippen molar-refractivity contribution in [3.63, 3.8) is 0 Å². The molecule has 18 heavy (non-hydrogen) atoms. The molecule has 0 saturated heterocycles. The fraction of sp³-hybridized carbons (Fsp3) is 0.400. The van der Waals surface area contributed by atoms with E-state index in [0.717, 1.165) is 30.4 Å². The van der Waals surface area contributed by atoms with Crippen LogP contribution in [0.5, 0.6) is 0 Å². The van der Waals surface area contributed by atoms with Gasteiger partial charge in [-0.15, -0.1) is 0 Å². The maximum Gasteiger partial charge on any atom is 0.147 e. The Labute approximate surface area is 108 Å². The molecule has 0 saturated carbocycles. The molecule has 2 atom stereocenters. The van der Waals surface area contributed by atoms with Crippen molar-refractivity contribution in [2.75, 3.05) is 5.06 Å². The van der Waals surface area contributed by atoms with Crippen LogP contribution in [0.3, 0.4) is 0 Å². The predicted molar refractivity (Wildman–Crippen MR) is 72.3 cm³/mol. The molecule has 2 rings (SSSR count). The summed E-state index contributed by atoms with van der Waals surface area (Å²) in [6.07, 6.45) is 4.71. The van der Waals surface area contributed by atoms with Crippen LogP contribution < -0.4 is 5.06 Å². The lowest BCUT2D eigenvalue weighted by molar-refractivity contribution is -0.105. The Morgan fingerprint density at radius 1 is 1.33 bits per heavy atom. The molecule has 1 aliphatic rings. The number of para-hydroxylation sites is 1. The van der Waals surface area contributed by atoms with Gasteiger partial charge < -0.3 is 0 Å². The molecule has 0 spiro atoms. The molecule has 1 aromatic rings. The Kier molecular flexibility index (Phi) is 4.15. The second kappa shape index (κ2) is 5.83. The van der Waals surface area contributed by atoms with Crippen molar-refractivity contribution in [2.24, 2.45) is 0 Å². The van der Waals surface area contributed by atoms with Gasteiger partial charge in [0.2, 0.25) is 0 Å². The van der Waals surface area contributed by atoms with E-state index in [0.29, 0.717) is 0 Å². The van der Waals surface area contributed by atoms with E-state index in [1.54, 1.807) is 0 Å². The molecular formula is C15H19NO2. The first-order valence-corrected chi connectivity index (χ1v) is 6.44. The number of hydroxylamine groups is 1. The monoisotopic (exact) mass is 245 g/mol. The van der Waals surface area contributed by atoms with E-state index in [-0.39, 0.29) is 12.1 Å². The molecular weight excluding hydrogens is 226 g/mol. The minimum atomic E-state index is -0.0708. The van der Waals surface area contributed by atoms with E-state index in [2.05, 4.69) is 6.92 Å². The van der Waals surface area contributed by atoms with Crippen molar-refractivity contribution in [1.29, 1.82) is 0 Å². The molecule has 0 bridgehead atoms. The van der Waals surface area contributed by atoms with Crippen molar-refractivity contribution in [3.8, 4) is 0 Å². The summed E-state index contributed by atoms with van der Waals surface area (Å²) in [4.78, 5) is 17.1. The van der Waals surface area contributed by atoms with Crippen molar-refractivity contribution in [3.05, 3.63) is 42.0 Å². The molecule has 0 N–H and O–H groups in total. The van der Waals surface area contributed by atoms with Gasteiger partial charge in [0, 0.05) is 5.57 Å². The number of carbonyl (C=O) groups excluding carboxylic acids is 1. The van der Waals surface area contributed by atoms with Gasteiger partial charge in [-0.05, 0) is 31.6 Å². The molecule has 0 aromatic heterocycles. The van der Waals surface area contributed by atoms with Gasteiger partial charge in [0.05, 0.1) is 11.7 Å². The molecule has 0 fully saturated rings. The van der Waals surface area contributed by atoms with Crippen LogP contribution in [-0.4, -0.2) is 18.4 Å². The van der Waals surface area contributed by atoms with Gasteiger partial charge in [0.1, 0.15) is 12.4 Å². The van der Waals surface area contributed by atoms with Crippen molar-refractivity contribution < 1.29 is 9.63 Å². The lowest BCUT2D eigenvalue weighted by Gasteiger charge is -2.37. The third kappa shape index (κ3) is 2.62. The van der Waals surface area contributed by atoms with E-state index in [1.807, 2.05) is 48.4 Å². The number of nitrogens with zero attached hydrogens (tertiary/aromatic N) is 1. The predicted octanol–water partition coefficient (Wildman–Crippen LogP) is 3.12. The molecule has 96 valence electrons. The van der Waals surface area contributed by atoms with Gasteiger partial charge in [-0.2, -0.15) is 0 Å². The third-order valence-electron chi connectivity index (χ3n) is 3.08. The lowest BCUT2D eigenvalue weighted by Crippen LogP contribution is -2.43. The summed E-state index contributed by atoms with van der Waals surface area (Å²) in [6, 6.07) is 9.96. The van der Waals surface area contributed by atoms with Crippen LogP contribution in [-0.2, 0) is 9.63 Å². The number of aldehydes is 1. The first kappa shape index (κ1) is 12.8. The van der Waals surface area contributed by atoms with Gasteiger partial charge in [0.15, 0.2) is 0 Å². The molecule has 1 heterocycles. The van der Waals surface area contributed by atoms with Crippen molar-refractivity contribution in [1.82, 2.24) is 0 Å².